The van der Waals surface area contributed by atoms with E-state index in [0.717, 1.165) is 11.1 Å². The second-order valence-electron chi connectivity index (χ2n) is 5.67. The summed E-state index contributed by atoms with van der Waals surface area (Å²) in [7, 11) is 3.83. The number of halogens is 1. The highest BCUT2D eigenvalue weighted by atomic mass is 32.1. The standard InChI is InChI=1S/C19H20FNOS.C2H6/c1-13(14-9-11-16(20)12-10-14)17(19(22)23)18(21(2)3)15-7-5-4-6-8-15;1-2/h4-12,17-18H,1H2,2-3H3,(H,22,23);1-2H3. The van der Waals surface area contributed by atoms with Gasteiger partial charge in [-0.15, -0.1) is 12.6 Å². The molecule has 0 saturated carbocycles. The monoisotopic (exact) mass is 359 g/mol. The Morgan fingerprint density at radius 1 is 1.04 bits per heavy atom. The van der Waals surface area contributed by atoms with Gasteiger partial charge in [-0.25, -0.2) is 4.39 Å². The number of hydrogen-bond acceptors (Lipinski definition) is 2. The van der Waals surface area contributed by atoms with Gasteiger partial charge in [0.05, 0.1) is 5.92 Å². The van der Waals surface area contributed by atoms with Crippen molar-refractivity contribution in [3.8, 4) is 0 Å². The molecule has 2 rings (SSSR count). The van der Waals surface area contributed by atoms with Crippen LogP contribution in [0.4, 0.5) is 4.39 Å². The lowest BCUT2D eigenvalue weighted by atomic mass is 9.84. The molecule has 0 aliphatic heterocycles. The molecule has 0 spiro atoms. The summed E-state index contributed by atoms with van der Waals surface area (Å²) in [5.74, 6) is -0.844. The zero-order valence-corrected chi connectivity index (χ0v) is 16.1. The smallest absolute Gasteiger partial charge is 0.195 e. The number of carbonyl (C=O) groups is 1. The van der Waals surface area contributed by atoms with Crippen molar-refractivity contribution in [2.75, 3.05) is 14.1 Å². The number of nitrogens with zero attached hydrogens (tertiary/aromatic N) is 1. The molecule has 0 N–H and O–H groups in total. The van der Waals surface area contributed by atoms with Gasteiger partial charge in [0.15, 0.2) is 5.12 Å². The van der Waals surface area contributed by atoms with Gasteiger partial charge in [-0.05, 0) is 42.9 Å². The predicted molar refractivity (Wildman–Crippen MR) is 107 cm³/mol. The van der Waals surface area contributed by atoms with E-state index in [1.54, 1.807) is 12.1 Å². The lowest BCUT2D eigenvalue weighted by Crippen LogP contribution is -2.31. The summed E-state index contributed by atoms with van der Waals surface area (Å²) in [6, 6.07) is 15.6. The average Bonchev–Trinajstić information content (AvgIpc) is 2.61. The van der Waals surface area contributed by atoms with Crippen molar-refractivity contribution >= 4 is 23.3 Å². The molecule has 2 unspecified atom stereocenters. The first-order valence-corrected chi connectivity index (χ1v) is 8.75. The molecule has 0 bridgehead atoms. The van der Waals surface area contributed by atoms with E-state index in [4.69, 9.17) is 0 Å². The van der Waals surface area contributed by atoms with Crippen LogP contribution in [0.1, 0.15) is 31.0 Å². The molecule has 0 amide bonds. The number of rotatable bonds is 6. The van der Waals surface area contributed by atoms with Gasteiger partial charge in [-0.3, -0.25) is 4.79 Å². The normalized spacial score (nSPS) is 12.8. The molecule has 0 saturated heterocycles. The Morgan fingerprint density at radius 2 is 1.56 bits per heavy atom. The molecule has 0 aliphatic rings. The molecule has 0 aliphatic carbocycles. The number of hydrogen-bond donors (Lipinski definition) is 1. The SMILES string of the molecule is C=C(c1ccc(F)cc1)C(C(=O)S)C(c1ccccc1)N(C)C.CC. The Balaban J connectivity index is 0.00000151. The van der Waals surface area contributed by atoms with Crippen LogP contribution in [-0.2, 0) is 4.79 Å². The van der Waals surface area contributed by atoms with Crippen molar-refractivity contribution in [2.45, 2.75) is 19.9 Å². The molecule has 2 aromatic rings. The van der Waals surface area contributed by atoms with Crippen LogP contribution in [0, 0.1) is 11.7 Å². The van der Waals surface area contributed by atoms with Gasteiger partial charge < -0.3 is 4.90 Å². The highest BCUT2D eigenvalue weighted by molar-refractivity contribution is 7.96. The lowest BCUT2D eigenvalue weighted by molar-refractivity contribution is -0.114. The molecular weight excluding hydrogens is 333 g/mol. The molecule has 2 aromatic carbocycles. The van der Waals surface area contributed by atoms with Crippen LogP contribution >= 0.6 is 12.6 Å². The number of thiol groups is 1. The summed E-state index contributed by atoms with van der Waals surface area (Å²) < 4.78 is 13.1. The quantitative estimate of drug-likeness (QED) is 0.712. The summed E-state index contributed by atoms with van der Waals surface area (Å²) in [5.41, 5.74) is 2.38. The average molecular weight is 360 g/mol. The Morgan fingerprint density at radius 3 is 2.00 bits per heavy atom. The first kappa shape index (κ1) is 21.1. The second kappa shape index (κ2) is 10.2. The fraction of sp³-hybridized carbons (Fsp3) is 0.286. The van der Waals surface area contributed by atoms with Crippen molar-refractivity contribution in [1.29, 1.82) is 0 Å². The minimum absolute atomic E-state index is 0.196. The van der Waals surface area contributed by atoms with Crippen LogP contribution in [0.25, 0.3) is 5.57 Å². The summed E-state index contributed by atoms with van der Waals surface area (Å²) in [6.07, 6.45) is 0. The van der Waals surface area contributed by atoms with Crippen molar-refractivity contribution in [3.63, 3.8) is 0 Å². The van der Waals surface area contributed by atoms with Crippen LogP contribution in [0.15, 0.2) is 61.2 Å². The molecule has 0 aromatic heterocycles. The van der Waals surface area contributed by atoms with Crippen molar-refractivity contribution < 1.29 is 9.18 Å². The fourth-order valence-corrected chi connectivity index (χ4v) is 3.05. The molecule has 4 heteroatoms. The second-order valence-corrected chi connectivity index (χ2v) is 6.11. The first-order chi connectivity index (χ1) is 11.9. The topological polar surface area (TPSA) is 20.3 Å². The molecule has 0 fully saturated rings. The Hall–Kier alpha value is -1.91. The van der Waals surface area contributed by atoms with Crippen LogP contribution < -0.4 is 0 Å². The molecule has 2 nitrogen and oxygen atoms in total. The molecule has 25 heavy (non-hydrogen) atoms. The van der Waals surface area contributed by atoms with Crippen LogP contribution in [0.5, 0.6) is 0 Å². The van der Waals surface area contributed by atoms with Crippen LogP contribution in [0.3, 0.4) is 0 Å². The maximum Gasteiger partial charge on any atom is 0.195 e. The van der Waals surface area contributed by atoms with Gasteiger partial charge in [0, 0.05) is 6.04 Å². The maximum atomic E-state index is 13.1. The van der Waals surface area contributed by atoms with Gasteiger partial charge in [0.25, 0.3) is 0 Å². The highest BCUT2D eigenvalue weighted by Gasteiger charge is 2.32. The molecule has 134 valence electrons. The minimum atomic E-state index is -0.527. The van der Waals surface area contributed by atoms with Crippen LogP contribution in [-0.4, -0.2) is 24.1 Å². The van der Waals surface area contributed by atoms with Crippen molar-refractivity contribution in [2.24, 2.45) is 5.92 Å². The summed E-state index contributed by atoms with van der Waals surface area (Å²) >= 11 is 4.09. The first-order valence-electron chi connectivity index (χ1n) is 8.30. The van der Waals surface area contributed by atoms with Crippen molar-refractivity contribution in [3.05, 3.63) is 78.1 Å². The summed E-state index contributed by atoms with van der Waals surface area (Å²) in [5, 5.41) is -0.262. The molecule has 2 atom stereocenters. The minimum Gasteiger partial charge on any atom is -0.301 e. The third-order valence-electron chi connectivity index (χ3n) is 3.87. The van der Waals surface area contributed by atoms with E-state index in [0.29, 0.717) is 5.57 Å². The van der Waals surface area contributed by atoms with Crippen LogP contribution in [0.2, 0.25) is 0 Å². The summed E-state index contributed by atoms with van der Waals surface area (Å²) in [6.45, 7) is 8.09. The van der Waals surface area contributed by atoms with E-state index in [-0.39, 0.29) is 17.0 Å². The van der Waals surface area contributed by atoms with E-state index in [9.17, 15) is 9.18 Å². The van der Waals surface area contributed by atoms with E-state index >= 15 is 0 Å². The van der Waals surface area contributed by atoms with Gasteiger partial charge in [-0.2, -0.15) is 0 Å². The van der Waals surface area contributed by atoms with E-state index < -0.39 is 5.92 Å². The Labute approximate surface area is 155 Å². The highest BCUT2D eigenvalue weighted by Crippen LogP contribution is 2.37. The van der Waals surface area contributed by atoms with Gasteiger partial charge in [0.1, 0.15) is 5.82 Å². The van der Waals surface area contributed by atoms with E-state index in [1.165, 1.54) is 12.1 Å². The zero-order valence-electron chi connectivity index (χ0n) is 15.2. The Bertz CT molecular complexity index is 683. The van der Waals surface area contributed by atoms with Gasteiger partial charge in [-0.1, -0.05) is 62.9 Å². The third kappa shape index (κ3) is 5.55. The van der Waals surface area contributed by atoms with E-state index in [2.05, 4.69) is 19.2 Å². The van der Waals surface area contributed by atoms with Crippen molar-refractivity contribution in [1.82, 2.24) is 4.90 Å². The molecule has 0 radical (unpaired) electrons. The molecule has 0 heterocycles. The third-order valence-corrected chi connectivity index (χ3v) is 4.15. The lowest BCUT2D eigenvalue weighted by Gasteiger charge is -2.32. The van der Waals surface area contributed by atoms with Gasteiger partial charge >= 0.3 is 0 Å². The number of carbonyl (C=O) groups excluding carboxylic acids is 1. The predicted octanol–water partition coefficient (Wildman–Crippen LogP) is 5.24. The summed E-state index contributed by atoms with van der Waals surface area (Å²) in [4.78, 5) is 14.2. The van der Waals surface area contributed by atoms with Gasteiger partial charge in [0.2, 0.25) is 0 Å². The zero-order chi connectivity index (χ0) is 19.0. The Kier molecular flexibility index (Phi) is 8.59. The maximum absolute atomic E-state index is 13.1. The fourth-order valence-electron chi connectivity index (χ4n) is 2.76. The van der Waals surface area contributed by atoms with E-state index in [1.807, 2.05) is 63.2 Å². The molecular formula is C21H26FNOS. The number of benzene rings is 2. The largest absolute Gasteiger partial charge is 0.301 e.